The molecule has 1 amide bonds. The molecule has 0 bridgehead atoms. The molecular formula is C16H11ClN6O3. The number of benzene rings is 1. The smallest absolute Gasteiger partial charge is 0.279 e. The van der Waals surface area contributed by atoms with E-state index in [-0.39, 0.29) is 11.2 Å². The molecule has 4 rings (SSSR count). The van der Waals surface area contributed by atoms with E-state index in [1.165, 1.54) is 18.3 Å². The first kappa shape index (κ1) is 15.9. The van der Waals surface area contributed by atoms with Crippen molar-refractivity contribution < 1.29 is 4.79 Å². The lowest BCUT2D eigenvalue weighted by molar-refractivity contribution is 0.102. The van der Waals surface area contributed by atoms with Gasteiger partial charge in [-0.05, 0) is 17.7 Å². The number of rotatable bonds is 3. The molecule has 0 saturated carbocycles. The monoisotopic (exact) mass is 370 g/mol. The number of anilines is 1. The third-order valence-corrected chi connectivity index (χ3v) is 3.99. The van der Waals surface area contributed by atoms with Gasteiger partial charge in [0.05, 0.1) is 11.9 Å². The van der Waals surface area contributed by atoms with Gasteiger partial charge in [0.2, 0.25) is 0 Å². The second-order valence-corrected chi connectivity index (χ2v) is 5.89. The molecule has 10 heteroatoms. The van der Waals surface area contributed by atoms with Crippen LogP contribution in [0.3, 0.4) is 0 Å². The summed E-state index contributed by atoms with van der Waals surface area (Å²) in [7, 11) is 0. The minimum atomic E-state index is -0.696. The molecule has 4 aromatic rings. The third kappa shape index (κ3) is 2.70. The Hall–Kier alpha value is -3.59. The fourth-order valence-corrected chi connectivity index (χ4v) is 2.79. The van der Waals surface area contributed by atoms with Gasteiger partial charge in [-0.25, -0.2) is 0 Å². The molecule has 0 atom stereocenters. The first-order chi connectivity index (χ1) is 12.5. The molecule has 0 radical (unpaired) electrons. The van der Waals surface area contributed by atoms with Crippen molar-refractivity contribution in [3.8, 4) is 11.3 Å². The summed E-state index contributed by atoms with van der Waals surface area (Å²) in [6.07, 6.45) is 1.46. The first-order valence-electron chi connectivity index (χ1n) is 7.47. The molecule has 3 aromatic heterocycles. The first-order valence-corrected chi connectivity index (χ1v) is 7.85. The second-order valence-electron chi connectivity index (χ2n) is 5.46. The summed E-state index contributed by atoms with van der Waals surface area (Å²) < 4.78 is 0.984. The minimum Gasteiger partial charge on any atom is -0.339 e. The molecule has 0 saturated heterocycles. The predicted molar refractivity (Wildman–Crippen MR) is 95.6 cm³/mol. The summed E-state index contributed by atoms with van der Waals surface area (Å²) in [6.45, 7) is 0. The molecule has 0 unspecified atom stereocenters. The number of aromatic nitrogens is 5. The van der Waals surface area contributed by atoms with Crippen molar-refractivity contribution in [2.45, 2.75) is 0 Å². The number of aromatic amines is 3. The summed E-state index contributed by atoms with van der Waals surface area (Å²) in [6, 6.07) is 9.69. The topological polar surface area (TPSA) is 128 Å². The zero-order valence-corrected chi connectivity index (χ0v) is 13.8. The zero-order chi connectivity index (χ0) is 18.3. The quantitative estimate of drug-likeness (QED) is 0.436. The number of halogens is 1. The third-order valence-electron chi connectivity index (χ3n) is 3.75. The Bertz CT molecular complexity index is 1240. The molecule has 0 aliphatic rings. The van der Waals surface area contributed by atoms with Crippen LogP contribution in [0.4, 0.5) is 5.82 Å². The van der Waals surface area contributed by atoms with Crippen LogP contribution in [0, 0.1) is 0 Å². The fraction of sp³-hybridized carbons (Fsp3) is 0. The maximum atomic E-state index is 12.5. The highest BCUT2D eigenvalue weighted by Gasteiger charge is 2.20. The van der Waals surface area contributed by atoms with E-state index in [0.29, 0.717) is 22.1 Å². The van der Waals surface area contributed by atoms with Gasteiger partial charge in [0, 0.05) is 17.2 Å². The molecule has 0 aliphatic carbocycles. The van der Waals surface area contributed by atoms with Gasteiger partial charge in [-0.1, -0.05) is 23.7 Å². The van der Waals surface area contributed by atoms with Crippen molar-refractivity contribution in [2.24, 2.45) is 0 Å². The number of amides is 1. The van der Waals surface area contributed by atoms with Crippen LogP contribution in [0.25, 0.3) is 16.9 Å². The molecule has 0 spiro atoms. The lowest BCUT2D eigenvalue weighted by atomic mass is 10.1. The molecule has 130 valence electrons. The molecule has 9 nitrogen and oxygen atoms in total. The lowest BCUT2D eigenvalue weighted by Crippen LogP contribution is -2.20. The van der Waals surface area contributed by atoms with Crippen LogP contribution in [0.1, 0.15) is 10.4 Å². The SMILES string of the molecule is O=C(Nc1ccn[nH]1)c1c(=O)[nH]n2c(=O)cc(-c3cccc(Cl)c3)[nH]c12. The van der Waals surface area contributed by atoms with E-state index in [2.05, 4.69) is 25.6 Å². The van der Waals surface area contributed by atoms with Gasteiger partial charge in [0.25, 0.3) is 17.0 Å². The van der Waals surface area contributed by atoms with Crippen molar-refractivity contribution >= 4 is 29.0 Å². The van der Waals surface area contributed by atoms with Crippen molar-refractivity contribution in [3.63, 3.8) is 0 Å². The number of nitrogens with one attached hydrogen (secondary N) is 4. The average Bonchev–Trinajstić information content (AvgIpc) is 3.22. The molecule has 3 heterocycles. The molecule has 0 aliphatic heterocycles. The number of carbonyl (C=O) groups excluding carboxylic acids is 1. The van der Waals surface area contributed by atoms with E-state index in [9.17, 15) is 14.4 Å². The van der Waals surface area contributed by atoms with E-state index in [1.807, 2.05) is 0 Å². The van der Waals surface area contributed by atoms with Gasteiger partial charge in [-0.2, -0.15) is 9.61 Å². The summed E-state index contributed by atoms with van der Waals surface area (Å²) in [5.74, 6) is -0.362. The molecule has 26 heavy (non-hydrogen) atoms. The summed E-state index contributed by atoms with van der Waals surface area (Å²) in [5.41, 5.74) is -0.294. The summed E-state index contributed by atoms with van der Waals surface area (Å²) in [4.78, 5) is 40.0. The average molecular weight is 371 g/mol. The number of fused-ring (bicyclic) bond motifs is 1. The van der Waals surface area contributed by atoms with Gasteiger partial charge < -0.3 is 10.3 Å². The molecule has 0 fully saturated rings. The summed E-state index contributed by atoms with van der Waals surface area (Å²) >= 11 is 5.99. The molecule has 1 aromatic carbocycles. The van der Waals surface area contributed by atoms with E-state index < -0.39 is 17.0 Å². The maximum absolute atomic E-state index is 12.5. The van der Waals surface area contributed by atoms with Crippen molar-refractivity contribution in [1.82, 2.24) is 24.8 Å². The van der Waals surface area contributed by atoms with Crippen molar-refractivity contribution in [1.29, 1.82) is 0 Å². The van der Waals surface area contributed by atoms with Gasteiger partial charge in [-0.3, -0.25) is 24.6 Å². The van der Waals surface area contributed by atoms with Crippen molar-refractivity contribution in [3.05, 3.63) is 73.9 Å². The Morgan fingerprint density at radius 3 is 2.77 bits per heavy atom. The standard InChI is InChI=1S/C16H11ClN6O3/c17-9-3-1-2-8(6-9)10-7-12(24)23-14(19-10)13(16(26)22-23)15(25)20-11-4-5-18-21-11/h1-7,19H,(H,22,26)(H2,18,20,21,25). The maximum Gasteiger partial charge on any atom is 0.279 e. The molecular weight excluding hydrogens is 360 g/mol. The summed E-state index contributed by atoms with van der Waals surface area (Å²) in [5, 5.41) is 11.6. The van der Waals surface area contributed by atoms with Gasteiger partial charge in [0.15, 0.2) is 5.65 Å². The minimum absolute atomic E-state index is 0.0505. The van der Waals surface area contributed by atoms with Crippen LogP contribution in [-0.2, 0) is 0 Å². The Kier molecular flexibility index (Phi) is 3.70. The van der Waals surface area contributed by atoms with Crippen LogP contribution in [0.15, 0.2) is 52.2 Å². The number of carbonyl (C=O) groups is 1. The lowest BCUT2D eigenvalue weighted by Gasteiger charge is -2.05. The largest absolute Gasteiger partial charge is 0.339 e. The highest BCUT2D eigenvalue weighted by molar-refractivity contribution is 6.30. The number of hydrogen-bond donors (Lipinski definition) is 4. The van der Waals surface area contributed by atoms with E-state index in [1.54, 1.807) is 24.3 Å². The van der Waals surface area contributed by atoms with Crippen LogP contribution in [-0.4, -0.2) is 30.7 Å². The Balaban J connectivity index is 1.88. The van der Waals surface area contributed by atoms with E-state index >= 15 is 0 Å². The Morgan fingerprint density at radius 2 is 2.04 bits per heavy atom. The van der Waals surface area contributed by atoms with Gasteiger partial charge in [-0.15, -0.1) is 0 Å². The fourth-order valence-electron chi connectivity index (χ4n) is 2.60. The second kappa shape index (κ2) is 6.05. The Morgan fingerprint density at radius 1 is 1.19 bits per heavy atom. The number of hydrogen-bond acceptors (Lipinski definition) is 4. The van der Waals surface area contributed by atoms with Crippen LogP contribution in [0.5, 0.6) is 0 Å². The number of nitrogens with zero attached hydrogens (tertiary/aromatic N) is 2. The van der Waals surface area contributed by atoms with Gasteiger partial charge in [0.1, 0.15) is 11.4 Å². The van der Waals surface area contributed by atoms with Crippen LogP contribution in [0.2, 0.25) is 5.02 Å². The van der Waals surface area contributed by atoms with Crippen LogP contribution >= 0.6 is 11.6 Å². The van der Waals surface area contributed by atoms with Gasteiger partial charge >= 0.3 is 0 Å². The highest BCUT2D eigenvalue weighted by Crippen LogP contribution is 2.20. The van der Waals surface area contributed by atoms with Crippen molar-refractivity contribution in [2.75, 3.05) is 5.32 Å². The molecule has 4 N–H and O–H groups in total. The predicted octanol–water partition coefficient (Wildman–Crippen LogP) is 1.61. The van der Waals surface area contributed by atoms with Crippen LogP contribution < -0.4 is 16.4 Å². The zero-order valence-electron chi connectivity index (χ0n) is 13.0. The Labute approximate surface area is 149 Å². The highest BCUT2D eigenvalue weighted by atomic mass is 35.5. The van der Waals surface area contributed by atoms with E-state index in [0.717, 1.165) is 4.52 Å². The number of H-pyrrole nitrogens is 3. The normalized spacial score (nSPS) is 11.0. The van der Waals surface area contributed by atoms with E-state index in [4.69, 9.17) is 11.6 Å².